The molecule has 2 N–H and O–H groups in total. The maximum atomic E-state index is 12.3. The van der Waals surface area contributed by atoms with Crippen molar-refractivity contribution < 1.29 is 14.6 Å². The third-order valence-corrected chi connectivity index (χ3v) is 5.40. The number of nitrogens with one attached hydrogen (secondary N) is 1. The average molecular weight is 346 g/mol. The number of carbonyl (C=O) groups is 1. The number of hydrogen-bond acceptors (Lipinski definition) is 4. The highest BCUT2D eigenvalue weighted by atomic mass is 16.5. The van der Waals surface area contributed by atoms with Gasteiger partial charge in [0.15, 0.2) is 0 Å². The number of carbonyl (C=O) groups excluding carboxylic acids is 1. The molecule has 5 nitrogen and oxygen atoms in total. The van der Waals surface area contributed by atoms with Gasteiger partial charge in [-0.2, -0.15) is 0 Å². The van der Waals surface area contributed by atoms with Gasteiger partial charge >= 0.3 is 0 Å². The summed E-state index contributed by atoms with van der Waals surface area (Å²) in [6.07, 6.45) is 3.69. The zero-order valence-electron chi connectivity index (χ0n) is 15.1. The van der Waals surface area contributed by atoms with E-state index in [0.717, 1.165) is 45.3 Å². The molecule has 2 aliphatic rings. The SMILES string of the molecule is C[C@@H](NC(=O)CC1(O)CCCC1)[C@H]1CN(Cc2ccccc2)CCO1. The molecule has 1 amide bonds. The highest BCUT2D eigenvalue weighted by Crippen LogP contribution is 2.32. The summed E-state index contributed by atoms with van der Waals surface area (Å²) in [5.41, 5.74) is 0.500. The van der Waals surface area contributed by atoms with Crippen molar-refractivity contribution >= 4 is 5.91 Å². The van der Waals surface area contributed by atoms with Gasteiger partial charge in [0.05, 0.1) is 30.8 Å². The van der Waals surface area contributed by atoms with Crippen LogP contribution in [0.5, 0.6) is 0 Å². The van der Waals surface area contributed by atoms with Crippen LogP contribution in [0.25, 0.3) is 0 Å². The van der Waals surface area contributed by atoms with Crippen LogP contribution < -0.4 is 5.32 Å². The molecule has 2 fully saturated rings. The van der Waals surface area contributed by atoms with Gasteiger partial charge in [0, 0.05) is 19.6 Å². The maximum absolute atomic E-state index is 12.3. The summed E-state index contributed by atoms with van der Waals surface area (Å²) in [4.78, 5) is 14.7. The second-order valence-corrected chi connectivity index (χ2v) is 7.59. The molecule has 0 bridgehead atoms. The third-order valence-electron chi connectivity index (χ3n) is 5.40. The molecule has 138 valence electrons. The highest BCUT2D eigenvalue weighted by Gasteiger charge is 2.34. The maximum Gasteiger partial charge on any atom is 0.223 e. The van der Waals surface area contributed by atoms with E-state index in [1.165, 1.54) is 5.56 Å². The quantitative estimate of drug-likeness (QED) is 0.828. The van der Waals surface area contributed by atoms with Gasteiger partial charge in [0.1, 0.15) is 0 Å². The molecule has 5 heteroatoms. The van der Waals surface area contributed by atoms with Crippen molar-refractivity contribution in [3.63, 3.8) is 0 Å². The van der Waals surface area contributed by atoms with E-state index in [4.69, 9.17) is 4.74 Å². The number of benzene rings is 1. The van der Waals surface area contributed by atoms with Crippen LogP contribution in [0, 0.1) is 0 Å². The first kappa shape index (κ1) is 18.4. The summed E-state index contributed by atoms with van der Waals surface area (Å²) in [6.45, 7) is 5.29. The molecule has 1 aliphatic heterocycles. The van der Waals surface area contributed by atoms with Gasteiger partial charge in [0.2, 0.25) is 5.91 Å². The zero-order chi connectivity index (χ0) is 17.7. The Morgan fingerprint density at radius 1 is 1.36 bits per heavy atom. The Bertz CT molecular complexity index is 557. The van der Waals surface area contributed by atoms with E-state index in [9.17, 15) is 9.90 Å². The molecular formula is C20H30N2O3. The Labute approximate surface area is 150 Å². The van der Waals surface area contributed by atoms with Gasteiger partial charge in [-0.25, -0.2) is 0 Å². The molecule has 0 spiro atoms. The van der Waals surface area contributed by atoms with E-state index in [1.807, 2.05) is 13.0 Å². The molecule has 1 saturated heterocycles. The summed E-state index contributed by atoms with van der Waals surface area (Å²) >= 11 is 0. The first-order chi connectivity index (χ1) is 12.0. The lowest BCUT2D eigenvalue weighted by Crippen LogP contribution is -2.52. The van der Waals surface area contributed by atoms with Crippen molar-refractivity contribution in [1.82, 2.24) is 10.2 Å². The van der Waals surface area contributed by atoms with Gasteiger partial charge in [-0.3, -0.25) is 9.69 Å². The third kappa shape index (κ3) is 5.27. The zero-order valence-corrected chi connectivity index (χ0v) is 15.1. The lowest BCUT2D eigenvalue weighted by Gasteiger charge is -2.36. The summed E-state index contributed by atoms with van der Waals surface area (Å²) in [6, 6.07) is 10.4. The minimum Gasteiger partial charge on any atom is -0.389 e. The molecule has 1 aliphatic carbocycles. The summed E-state index contributed by atoms with van der Waals surface area (Å²) in [7, 11) is 0. The van der Waals surface area contributed by atoms with Crippen molar-refractivity contribution in [2.45, 2.75) is 63.3 Å². The van der Waals surface area contributed by atoms with Gasteiger partial charge in [-0.15, -0.1) is 0 Å². The summed E-state index contributed by atoms with van der Waals surface area (Å²) < 4.78 is 5.88. The largest absolute Gasteiger partial charge is 0.389 e. The second kappa shape index (κ2) is 8.30. The van der Waals surface area contributed by atoms with Crippen LogP contribution in [-0.2, 0) is 16.1 Å². The number of hydrogen-bond donors (Lipinski definition) is 2. The van der Waals surface area contributed by atoms with E-state index in [2.05, 4.69) is 34.5 Å². The molecule has 2 atom stereocenters. The minimum absolute atomic E-state index is 0.0142. The van der Waals surface area contributed by atoms with E-state index in [1.54, 1.807) is 0 Å². The van der Waals surface area contributed by atoms with Gasteiger partial charge in [-0.05, 0) is 25.3 Å². The van der Waals surface area contributed by atoms with Crippen molar-refractivity contribution in [1.29, 1.82) is 0 Å². The first-order valence-electron chi connectivity index (χ1n) is 9.44. The van der Waals surface area contributed by atoms with E-state index >= 15 is 0 Å². The smallest absolute Gasteiger partial charge is 0.223 e. The molecule has 3 rings (SSSR count). The molecular weight excluding hydrogens is 316 g/mol. The Morgan fingerprint density at radius 2 is 2.08 bits per heavy atom. The number of amides is 1. The first-order valence-corrected chi connectivity index (χ1v) is 9.44. The monoisotopic (exact) mass is 346 g/mol. The lowest BCUT2D eigenvalue weighted by molar-refractivity contribution is -0.128. The molecule has 1 aromatic carbocycles. The molecule has 1 heterocycles. The number of aliphatic hydroxyl groups is 1. The fourth-order valence-corrected chi connectivity index (χ4v) is 3.93. The predicted molar refractivity (Wildman–Crippen MR) is 97.1 cm³/mol. The van der Waals surface area contributed by atoms with Gasteiger partial charge < -0.3 is 15.2 Å². The van der Waals surface area contributed by atoms with E-state index in [-0.39, 0.29) is 24.5 Å². The van der Waals surface area contributed by atoms with Crippen molar-refractivity contribution in [3.8, 4) is 0 Å². The normalized spacial score (nSPS) is 24.8. The van der Waals surface area contributed by atoms with E-state index < -0.39 is 5.60 Å². The Morgan fingerprint density at radius 3 is 2.80 bits per heavy atom. The molecule has 0 aromatic heterocycles. The molecule has 0 unspecified atom stereocenters. The lowest BCUT2D eigenvalue weighted by atomic mass is 9.97. The minimum atomic E-state index is -0.795. The average Bonchev–Trinajstić information content (AvgIpc) is 3.02. The van der Waals surface area contributed by atoms with Crippen LogP contribution in [0.15, 0.2) is 30.3 Å². The van der Waals surface area contributed by atoms with Crippen LogP contribution in [0.2, 0.25) is 0 Å². The molecule has 25 heavy (non-hydrogen) atoms. The predicted octanol–water partition coefficient (Wildman–Crippen LogP) is 2.09. The van der Waals surface area contributed by atoms with E-state index in [0.29, 0.717) is 6.61 Å². The van der Waals surface area contributed by atoms with Crippen molar-refractivity contribution in [3.05, 3.63) is 35.9 Å². The summed E-state index contributed by atoms with van der Waals surface area (Å²) in [5, 5.41) is 13.4. The fraction of sp³-hybridized carbons (Fsp3) is 0.650. The van der Waals surface area contributed by atoms with Crippen LogP contribution in [-0.4, -0.2) is 53.4 Å². The Hall–Kier alpha value is -1.43. The number of ether oxygens (including phenoxy) is 1. The van der Waals surface area contributed by atoms with Crippen LogP contribution in [0.1, 0.15) is 44.6 Å². The van der Waals surface area contributed by atoms with Crippen LogP contribution in [0.3, 0.4) is 0 Å². The number of nitrogens with zero attached hydrogens (tertiary/aromatic N) is 1. The molecule has 0 radical (unpaired) electrons. The number of morpholine rings is 1. The Balaban J connectivity index is 1.48. The van der Waals surface area contributed by atoms with Gasteiger partial charge in [0.25, 0.3) is 0 Å². The summed E-state index contributed by atoms with van der Waals surface area (Å²) in [5.74, 6) is -0.0688. The fourth-order valence-electron chi connectivity index (χ4n) is 3.93. The van der Waals surface area contributed by atoms with Crippen LogP contribution in [0.4, 0.5) is 0 Å². The second-order valence-electron chi connectivity index (χ2n) is 7.59. The highest BCUT2D eigenvalue weighted by molar-refractivity contribution is 5.77. The standard InChI is InChI=1S/C20H30N2O3/c1-16(21-19(23)13-20(24)9-5-6-10-20)18-15-22(11-12-25-18)14-17-7-3-2-4-8-17/h2-4,7-8,16,18,24H,5-6,9-15H2,1H3,(H,21,23)/t16-,18-/m1/s1. The topological polar surface area (TPSA) is 61.8 Å². The number of rotatable bonds is 6. The van der Waals surface area contributed by atoms with Crippen LogP contribution >= 0.6 is 0 Å². The Kier molecular flexibility index (Phi) is 6.10. The van der Waals surface area contributed by atoms with Gasteiger partial charge in [-0.1, -0.05) is 43.2 Å². The van der Waals surface area contributed by atoms with Crippen molar-refractivity contribution in [2.24, 2.45) is 0 Å². The molecule has 1 saturated carbocycles. The van der Waals surface area contributed by atoms with Crippen molar-refractivity contribution in [2.75, 3.05) is 19.7 Å². The molecule has 1 aromatic rings.